The summed E-state index contributed by atoms with van der Waals surface area (Å²) in [6.07, 6.45) is 3.70. The first-order valence-electron chi connectivity index (χ1n) is 6.76. The average Bonchev–Trinajstić information content (AvgIpc) is 2.38. The molecule has 0 saturated carbocycles. The minimum atomic E-state index is 0.763. The van der Waals surface area contributed by atoms with E-state index in [2.05, 4.69) is 50.4 Å². The Kier molecular flexibility index (Phi) is 7.38. The van der Waals surface area contributed by atoms with Crippen molar-refractivity contribution in [2.45, 2.75) is 56.7 Å². The molecule has 17 heavy (non-hydrogen) atoms. The molecule has 0 heterocycles. The van der Waals surface area contributed by atoms with Gasteiger partial charge in [-0.3, -0.25) is 0 Å². The Balaban J connectivity index is 2.44. The Bertz CT molecular complexity index is 290. The molecular formula is C15H25NS. The lowest BCUT2D eigenvalue weighted by Crippen LogP contribution is -2.13. The lowest BCUT2D eigenvalue weighted by atomic mass is 10.2. The number of hydrogen-bond donors (Lipinski definition) is 1. The van der Waals surface area contributed by atoms with Gasteiger partial charge in [-0.25, -0.2) is 0 Å². The average molecular weight is 251 g/mol. The number of thioether (sulfide) groups is 1. The molecule has 0 amide bonds. The third-order valence-corrected chi connectivity index (χ3v) is 4.44. The molecule has 0 saturated heterocycles. The zero-order chi connectivity index (χ0) is 12.5. The minimum Gasteiger partial charge on any atom is -0.313 e. The molecule has 0 aromatic heterocycles. The zero-order valence-electron chi connectivity index (χ0n) is 11.3. The summed E-state index contributed by atoms with van der Waals surface area (Å²) >= 11 is 2.01. The van der Waals surface area contributed by atoms with Gasteiger partial charge in [0, 0.05) is 16.7 Å². The lowest BCUT2D eigenvalue weighted by Gasteiger charge is -2.12. The highest BCUT2D eigenvalue weighted by Crippen LogP contribution is 2.27. The molecule has 0 aliphatic rings. The summed E-state index contributed by atoms with van der Waals surface area (Å²) in [6.45, 7) is 8.82. The third kappa shape index (κ3) is 5.60. The second kappa shape index (κ2) is 8.60. The van der Waals surface area contributed by atoms with Crippen LogP contribution in [0.2, 0.25) is 0 Å². The predicted molar refractivity (Wildman–Crippen MR) is 78.7 cm³/mol. The third-order valence-electron chi connectivity index (χ3n) is 2.89. The van der Waals surface area contributed by atoms with Crippen LogP contribution in [0, 0.1) is 0 Å². The molecule has 2 heteroatoms. The minimum absolute atomic E-state index is 0.763. The second-order valence-electron chi connectivity index (χ2n) is 4.38. The van der Waals surface area contributed by atoms with Gasteiger partial charge < -0.3 is 5.32 Å². The Morgan fingerprint density at radius 2 is 1.71 bits per heavy atom. The number of benzene rings is 1. The van der Waals surface area contributed by atoms with Crippen LogP contribution >= 0.6 is 11.8 Å². The number of nitrogens with one attached hydrogen (secondary N) is 1. The summed E-state index contributed by atoms with van der Waals surface area (Å²) in [5, 5.41) is 4.19. The van der Waals surface area contributed by atoms with E-state index in [4.69, 9.17) is 0 Å². The Morgan fingerprint density at radius 1 is 1.06 bits per heavy atom. The summed E-state index contributed by atoms with van der Waals surface area (Å²) < 4.78 is 0. The first-order chi connectivity index (χ1) is 8.30. The fraction of sp³-hybridized carbons (Fsp3) is 0.600. The SMILES string of the molecule is CCCNCc1ccc(SC(CC)CC)cc1. The van der Waals surface area contributed by atoms with E-state index in [0.717, 1.165) is 18.3 Å². The summed E-state index contributed by atoms with van der Waals surface area (Å²) in [7, 11) is 0. The smallest absolute Gasteiger partial charge is 0.0205 e. The van der Waals surface area contributed by atoms with Crippen LogP contribution in [-0.4, -0.2) is 11.8 Å². The van der Waals surface area contributed by atoms with Crippen molar-refractivity contribution in [2.75, 3.05) is 6.54 Å². The molecule has 0 radical (unpaired) electrons. The van der Waals surface area contributed by atoms with Gasteiger partial charge in [0.15, 0.2) is 0 Å². The number of rotatable bonds is 8. The molecule has 1 rings (SSSR count). The fourth-order valence-corrected chi connectivity index (χ4v) is 2.75. The zero-order valence-corrected chi connectivity index (χ0v) is 12.1. The quantitative estimate of drug-likeness (QED) is 0.540. The molecular weight excluding hydrogens is 226 g/mol. The first-order valence-corrected chi connectivity index (χ1v) is 7.64. The van der Waals surface area contributed by atoms with Crippen molar-refractivity contribution in [1.29, 1.82) is 0 Å². The normalized spacial score (nSPS) is 11.1. The van der Waals surface area contributed by atoms with Gasteiger partial charge in [-0.1, -0.05) is 32.9 Å². The molecule has 0 spiro atoms. The highest BCUT2D eigenvalue weighted by atomic mass is 32.2. The molecule has 0 atom stereocenters. The van der Waals surface area contributed by atoms with E-state index in [1.54, 1.807) is 0 Å². The van der Waals surface area contributed by atoms with Crippen LogP contribution < -0.4 is 5.32 Å². The van der Waals surface area contributed by atoms with E-state index in [0.29, 0.717) is 0 Å². The van der Waals surface area contributed by atoms with Crippen molar-refractivity contribution >= 4 is 11.8 Å². The van der Waals surface area contributed by atoms with Gasteiger partial charge >= 0.3 is 0 Å². The van der Waals surface area contributed by atoms with Gasteiger partial charge in [-0.2, -0.15) is 0 Å². The molecule has 0 aliphatic carbocycles. The van der Waals surface area contributed by atoms with Gasteiger partial charge in [-0.05, 0) is 43.5 Å². The van der Waals surface area contributed by atoms with E-state index >= 15 is 0 Å². The molecule has 0 bridgehead atoms. The van der Waals surface area contributed by atoms with Crippen LogP contribution in [0.25, 0.3) is 0 Å². The molecule has 0 fully saturated rings. The van der Waals surface area contributed by atoms with Gasteiger partial charge in [-0.15, -0.1) is 11.8 Å². The van der Waals surface area contributed by atoms with Gasteiger partial charge in [0.1, 0.15) is 0 Å². The molecule has 1 N–H and O–H groups in total. The molecule has 96 valence electrons. The maximum atomic E-state index is 3.43. The summed E-state index contributed by atoms with van der Waals surface area (Å²) in [4.78, 5) is 1.40. The maximum Gasteiger partial charge on any atom is 0.0205 e. The Labute approximate surface area is 110 Å². The van der Waals surface area contributed by atoms with Gasteiger partial charge in [0.25, 0.3) is 0 Å². The standard InChI is InChI=1S/C15H25NS/c1-4-11-16-12-13-7-9-15(10-8-13)17-14(5-2)6-3/h7-10,14,16H,4-6,11-12H2,1-3H3. The van der Waals surface area contributed by atoms with E-state index in [9.17, 15) is 0 Å². The Morgan fingerprint density at radius 3 is 2.24 bits per heavy atom. The maximum absolute atomic E-state index is 3.43. The van der Waals surface area contributed by atoms with E-state index < -0.39 is 0 Å². The summed E-state index contributed by atoms with van der Waals surface area (Å²) in [5.74, 6) is 0. The monoisotopic (exact) mass is 251 g/mol. The molecule has 0 aliphatic heterocycles. The van der Waals surface area contributed by atoms with E-state index in [-0.39, 0.29) is 0 Å². The highest BCUT2D eigenvalue weighted by molar-refractivity contribution is 8.00. The van der Waals surface area contributed by atoms with E-state index in [1.807, 2.05) is 11.8 Å². The molecule has 1 aromatic carbocycles. The summed E-state index contributed by atoms with van der Waals surface area (Å²) in [6, 6.07) is 9.00. The van der Waals surface area contributed by atoms with Crippen molar-refractivity contribution in [3.05, 3.63) is 29.8 Å². The van der Waals surface area contributed by atoms with Crippen LogP contribution in [0.4, 0.5) is 0 Å². The van der Waals surface area contributed by atoms with Crippen LogP contribution in [-0.2, 0) is 6.54 Å². The van der Waals surface area contributed by atoms with Gasteiger partial charge in [0.05, 0.1) is 0 Å². The molecule has 0 unspecified atom stereocenters. The van der Waals surface area contributed by atoms with Crippen molar-refractivity contribution < 1.29 is 0 Å². The van der Waals surface area contributed by atoms with Crippen LogP contribution in [0.5, 0.6) is 0 Å². The van der Waals surface area contributed by atoms with Crippen LogP contribution in [0.3, 0.4) is 0 Å². The van der Waals surface area contributed by atoms with Crippen molar-refractivity contribution in [2.24, 2.45) is 0 Å². The molecule has 1 aromatic rings. The van der Waals surface area contributed by atoms with Crippen LogP contribution in [0.1, 0.15) is 45.6 Å². The van der Waals surface area contributed by atoms with Crippen molar-refractivity contribution in [3.8, 4) is 0 Å². The predicted octanol–water partition coefficient (Wildman–Crippen LogP) is 4.47. The number of hydrogen-bond acceptors (Lipinski definition) is 2. The van der Waals surface area contributed by atoms with Gasteiger partial charge in [0.2, 0.25) is 0 Å². The fourth-order valence-electron chi connectivity index (χ4n) is 1.74. The Hall–Kier alpha value is -0.470. The first kappa shape index (κ1) is 14.6. The van der Waals surface area contributed by atoms with Crippen LogP contribution in [0.15, 0.2) is 29.2 Å². The van der Waals surface area contributed by atoms with Crippen molar-refractivity contribution in [1.82, 2.24) is 5.32 Å². The summed E-state index contributed by atoms with van der Waals surface area (Å²) in [5.41, 5.74) is 1.38. The van der Waals surface area contributed by atoms with E-state index in [1.165, 1.54) is 29.7 Å². The molecule has 1 nitrogen and oxygen atoms in total. The largest absolute Gasteiger partial charge is 0.313 e. The second-order valence-corrected chi connectivity index (χ2v) is 5.75. The van der Waals surface area contributed by atoms with Crippen molar-refractivity contribution in [3.63, 3.8) is 0 Å². The topological polar surface area (TPSA) is 12.0 Å². The highest BCUT2D eigenvalue weighted by Gasteiger charge is 2.05. The lowest BCUT2D eigenvalue weighted by molar-refractivity contribution is 0.675.